The second kappa shape index (κ2) is 8.82. The lowest BCUT2D eigenvalue weighted by Gasteiger charge is -2.24. The minimum atomic E-state index is -0.00205. The maximum Gasteiger partial charge on any atom is 0.264 e. The number of amides is 1. The third-order valence-corrected chi connectivity index (χ3v) is 8.55. The molecule has 4 aromatic rings. The number of benzene rings is 1. The first-order valence-corrected chi connectivity index (χ1v) is 13.2. The van der Waals surface area contributed by atoms with E-state index < -0.39 is 0 Å². The number of hydrogen-bond acceptors (Lipinski definition) is 5. The fourth-order valence-electron chi connectivity index (χ4n) is 5.29. The van der Waals surface area contributed by atoms with Crippen LogP contribution in [0.3, 0.4) is 0 Å². The monoisotopic (exact) mass is 494 g/mol. The zero-order valence-electron chi connectivity index (χ0n) is 19.2. The molecule has 5 heterocycles. The Morgan fingerprint density at radius 3 is 2.91 bits per heavy atom. The van der Waals surface area contributed by atoms with Gasteiger partial charge >= 0.3 is 0 Å². The van der Waals surface area contributed by atoms with Gasteiger partial charge in [0.15, 0.2) is 5.82 Å². The standard InChI is InChI=1S/C25H27ClN6OS/c1-16-18-14-21(34-25(18)32(29-16)15-17-8-4-5-9-19(17)26)24(33)30-13-7-10-20(30)23-28-27-22-11-3-2-6-12-31(22)23/h4-5,8-9,14,20H,2-3,6-7,10-13,15H2,1H3. The summed E-state index contributed by atoms with van der Waals surface area (Å²) in [4.78, 5) is 17.5. The van der Waals surface area contributed by atoms with Gasteiger partial charge in [0.1, 0.15) is 10.7 Å². The number of halogens is 1. The molecule has 7 nitrogen and oxygen atoms in total. The zero-order valence-corrected chi connectivity index (χ0v) is 20.8. The number of likely N-dealkylation sites (tertiary alicyclic amines) is 1. The summed E-state index contributed by atoms with van der Waals surface area (Å²) in [6.07, 6.45) is 6.44. The van der Waals surface area contributed by atoms with E-state index in [2.05, 4.69) is 14.8 Å². The summed E-state index contributed by atoms with van der Waals surface area (Å²) in [5.41, 5.74) is 1.94. The molecule has 1 amide bonds. The lowest BCUT2D eigenvalue weighted by molar-refractivity contribution is 0.0732. The first kappa shape index (κ1) is 21.8. The van der Waals surface area contributed by atoms with Crippen LogP contribution in [0.25, 0.3) is 10.2 Å². The zero-order chi connectivity index (χ0) is 23.2. The summed E-state index contributed by atoms with van der Waals surface area (Å²) < 4.78 is 4.24. The number of aromatic nitrogens is 5. The lowest BCUT2D eigenvalue weighted by Crippen LogP contribution is -2.31. The average Bonchev–Trinajstić information content (AvgIpc) is 3.59. The largest absolute Gasteiger partial charge is 0.328 e. The van der Waals surface area contributed by atoms with Gasteiger partial charge in [-0.1, -0.05) is 36.2 Å². The van der Waals surface area contributed by atoms with Crippen molar-refractivity contribution in [2.45, 2.75) is 64.6 Å². The van der Waals surface area contributed by atoms with Crippen LogP contribution in [0.4, 0.5) is 0 Å². The van der Waals surface area contributed by atoms with Crippen molar-refractivity contribution in [2.24, 2.45) is 0 Å². The molecule has 6 rings (SSSR count). The van der Waals surface area contributed by atoms with Crippen molar-refractivity contribution in [3.05, 3.63) is 63.1 Å². The van der Waals surface area contributed by atoms with Crippen molar-refractivity contribution < 1.29 is 4.79 Å². The number of hydrogen-bond donors (Lipinski definition) is 0. The van der Waals surface area contributed by atoms with Gasteiger partial charge in [-0.15, -0.1) is 21.5 Å². The Kier molecular flexibility index (Phi) is 5.65. The normalized spacial score (nSPS) is 18.4. The van der Waals surface area contributed by atoms with E-state index in [0.717, 1.165) is 88.2 Å². The first-order valence-electron chi connectivity index (χ1n) is 12.0. The van der Waals surface area contributed by atoms with Crippen molar-refractivity contribution >= 4 is 39.1 Å². The van der Waals surface area contributed by atoms with Crippen LogP contribution >= 0.6 is 22.9 Å². The second-order valence-corrected chi connectivity index (χ2v) is 10.7. The molecule has 1 atom stereocenters. The molecule has 1 fully saturated rings. The molecule has 0 aliphatic carbocycles. The number of thiophene rings is 1. The predicted molar refractivity (Wildman–Crippen MR) is 133 cm³/mol. The molecule has 1 saturated heterocycles. The second-order valence-electron chi connectivity index (χ2n) is 9.26. The number of aryl methyl sites for hydroxylation is 2. The Morgan fingerprint density at radius 2 is 2.03 bits per heavy atom. The van der Waals surface area contributed by atoms with Gasteiger partial charge < -0.3 is 9.47 Å². The summed E-state index contributed by atoms with van der Waals surface area (Å²) in [5, 5.41) is 15.5. The third-order valence-electron chi connectivity index (χ3n) is 7.05. The number of nitrogens with zero attached hydrogens (tertiary/aromatic N) is 6. The van der Waals surface area contributed by atoms with Crippen molar-refractivity contribution in [3.8, 4) is 0 Å². The molecule has 1 aromatic carbocycles. The Hall–Kier alpha value is -2.71. The molecule has 34 heavy (non-hydrogen) atoms. The average molecular weight is 495 g/mol. The van der Waals surface area contributed by atoms with Gasteiger partial charge in [-0.25, -0.2) is 0 Å². The van der Waals surface area contributed by atoms with E-state index in [1.807, 2.05) is 46.8 Å². The fraction of sp³-hybridized carbons (Fsp3) is 0.440. The van der Waals surface area contributed by atoms with Crippen molar-refractivity contribution in [3.63, 3.8) is 0 Å². The minimum absolute atomic E-state index is 0.00205. The van der Waals surface area contributed by atoms with E-state index in [1.54, 1.807) is 0 Å². The van der Waals surface area contributed by atoms with Crippen LogP contribution in [0.5, 0.6) is 0 Å². The summed E-state index contributed by atoms with van der Waals surface area (Å²) in [6.45, 7) is 4.29. The highest BCUT2D eigenvalue weighted by Crippen LogP contribution is 2.36. The van der Waals surface area contributed by atoms with Crippen LogP contribution in [-0.4, -0.2) is 41.9 Å². The highest BCUT2D eigenvalue weighted by Gasteiger charge is 2.35. The summed E-state index contributed by atoms with van der Waals surface area (Å²) in [5.74, 6) is 2.12. The molecular weight excluding hydrogens is 468 g/mol. The minimum Gasteiger partial charge on any atom is -0.328 e. The first-order chi connectivity index (χ1) is 16.6. The maximum atomic E-state index is 13.7. The molecule has 0 spiro atoms. The predicted octanol–water partition coefficient (Wildman–Crippen LogP) is 5.40. The molecule has 0 N–H and O–H groups in total. The van der Waals surface area contributed by atoms with Crippen molar-refractivity contribution in [1.29, 1.82) is 0 Å². The van der Waals surface area contributed by atoms with Crippen LogP contribution in [0.1, 0.15) is 70.7 Å². The third kappa shape index (κ3) is 3.73. The van der Waals surface area contributed by atoms with E-state index in [-0.39, 0.29) is 11.9 Å². The van der Waals surface area contributed by atoms with E-state index >= 15 is 0 Å². The molecular formula is C25H27ClN6OS. The van der Waals surface area contributed by atoms with Gasteiger partial charge in [-0.2, -0.15) is 5.10 Å². The van der Waals surface area contributed by atoms with Crippen LogP contribution in [0.15, 0.2) is 30.3 Å². The maximum absolute atomic E-state index is 13.7. The Bertz CT molecular complexity index is 1370. The quantitative estimate of drug-likeness (QED) is 0.380. The van der Waals surface area contributed by atoms with E-state index in [9.17, 15) is 4.79 Å². The summed E-state index contributed by atoms with van der Waals surface area (Å²) >= 11 is 7.91. The number of carbonyl (C=O) groups excluding carboxylic acids is 1. The molecule has 176 valence electrons. The van der Waals surface area contributed by atoms with Crippen LogP contribution < -0.4 is 0 Å². The number of fused-ring (bicyclic) bond motifs is 2. The number of carbonyl (C=O) groups is 1. The molecule has 0 radical (unpaired) electrons. The molecule has 0 bridgehead atoms. The molecule has 2 aliphatic heterocycles. The van der Waals surface area contributed by atoms with Crippen molar-refractivity contribution in [2.75, 3.05) is 6.54 Å². The van der Waals surface area contributed by atoms with E-state index in [4.69, 9.17) is 16.7 Å². The molecule has 9 heteroatoms. The molecule has 2 aliphatic rings. The Balaban J connectivity index is 1.30. The van der Waals surface area contributed by atoms with Gasteiger partial charge in [0.25, 0.3) is 5.91 Å². The van der Waals surface area contributed by atoms with E-state index in [0.29, 0.717) is 6.54 Å². The molecule has 1 unspecified atom stereocenters. The summed E-state index contributed by atoms with van der Waals surface area (Å²) in [6, 6.07) is 9.83. The smallest absolute Gasteiger partial charge is 0.264 e. The summed E-state index contributed by atoms with van der Waals surface area (Å²) in [7, 11) is 0. The van der Waals surface area contributed by atoms with Crippen LogP contribution in [0.2, 0.25) is 5.02 Å². The van der Waals surface area contributed by atoms with Gasteiger partial charge in [0, 0.05) is 29.9 Å². The topological polar surface area (TPSA) is 68.8 Å². The number of rotatable bonds is 4. The fourth-order valence-corrected chi connectivity index (χ4v) is 6.60. The SMILES string of the molecule is Cc1nn(Cc2ccccc2Cl)c2sc(C(=O)N3CCCC3c3nnc4n3CCCCC4)cc12. The molecule has 3 aromatic heterocycles. The Morgan fingerprint density at radius 1 is 1.15 bits per heavy atom. The van der Waals surface area contributed by atoms with Crippen LogP contribution in [0, 0.1) is 6.92 Å². The van der Waals surface area contributed by atoms with E-state index in [1.165, 1.54) is 17.8 Å². The van der Waals surface area contributed by atoms with Gasteiger partial charge in [-0.3, -0.25) is 9.48 Å². The highest BCUT2D eigenvalue weighted by atomic mass is 35.5. The van der Waals surface area contributed by atoms with Gasteiger partial charge in [0.05, 0.1) is 23.2 Å². The Labute approximate surface area is 207 Å². The van der Waals surface area contributed by atoms with Crippen LogP contribution in [-0.2, 0) is 19.5 Å². The van der Waals surface area contributed by atoms with Gasteiger partial charge in [-0.05, 0) is 50.3 Å². The highest BCUT2D eigenvalue weighted by molar-refractivity contribution is 7.20. The van der Waals surface area contributed by atoms with Gasteiger partial charge in [0.2, 0.25) is 0 Å². The lowest BCUT2D eigenvalue weighted by atomic mass is 10.2. The molecule has 0 saturated carbocycles. The van der Waals surface area contributed by atoms with Crippen molar-refractivity contribution in [1.82, 2.24) is 29.4 Å².